The first-order chi connectivity index (χ1) is 24.0. The fourth-order valence-corrected chi connectivity index (χ4v) is 5.60. The second-order valence-corrected chi connectivity index (χ2v) is 11.0. The van der Waals surface area contributed by atoms with Gasteiger partial charge in [-0.05, 0) is 59.1 Å². The van der Waals surface area contributed by atoms with Gasteiger partial charge in [-0.3, -0.25) is 10.2 Å². The highest BCUT2D eigenvalue weighted by molar-refractivity contribution is 6.01. The third kappa shape index (κ3) is 7.87. The molecule has 3 N–H and O–H groups in total. The Bertz CT molecular complexity index is 1830. The predicted octanol–water partition coefficient (Wildman–Crippen LogP) is 5.74. The van der Waals surface area contributed by atoms with Crippen LogP contribution in [0.1, 0.15) is 34.8 Å². The number of methoxy groups -OCH3 is 3. The Labute approximate surface area is 284 Å². The summed E-state index contributed by atoms with van der Waals surface area (Å²) in [7, 11) is 4.67. The van der Waals surface area contributed by atoms with E-state index in [9.17, 15) is 10.3 Å². The van der Waals surface area contributed by atoms with Crippen LogP contribution >= 0.6 is 0 Å². The van der Waals surface area contributed by atoms with Gasteiger partial charge in [0.25, 0.3) is 5.91 Å². The zero-order valence-electron chi connectivity index (χ0n) is 27.5. The summed E-state index contributed by atoms with van der Waals surface area (Å²) < 4.78 is 28.8. The number of para-hydroxylation sites is 1. The molecule has 13 nitrogen and oxygen atoms in total. The van der Waals surface area contributed by atoms with Crippen LogP contribution in [0, 0.1) is 0 Å². The molecule has 0 unspecified atom stereocenters. The summed E-state index contributed by atoms with van der Waals surface area (Å²) in [6, 6.07) is 26.9. The van der Waals surface area contributed by atoms with Crippen LogP contribution in [-0.2, 0) is 22.5 Å². The number of hydrogen-bond acceptors (Lipinski definition) is 10. The summed E-state index contributed by atoms with van der Waals surface area (Å²) in [6.07, 6.45) is -0.399. The fraction of sp³-hybridized carbons (Fsp3) is 0.278. The first-order valence-corrected chi connectivity index (χ1v) is 15.6. The molecule has 0 fully saturated rings. The standard InChI is InChI=1S/C36H38N6O7/c1-45-29-12-6-10-25(21-29)33-36(22-26-9-4-5-13-30(26)40-42-37,35(44)41-38-23-27-11-7-14-31(46-2)32(27)47-3)39-34(49-33)24-15-17-28(18-16-24)48-20-8-19-43/h4-7,9-18,21,33,38,43H,8,19-20,22-23H2,1-3H3,(H,41,44)/t33-,36-/m0/s1. The lowest BCUT2D eigenvalue weighted by Gasteiger charge is -2.31. The number of rotatable bonds is 16. The van der Waals surface area contributed by atoms with Gasteiger partial charge >= 0.3 is 0 Å². The monoisotopic (exact) mass is 666 g/mol. The number of amides is 1. The van der Waals surface area contributed by atoms with Crippen LogP contribution in [0.15, 0.2) is 101 Å². The molecule has 4 aromatic rings. The summed E-state index contributed by atoms with van der Waals surface area (Å²) in [5.41, 5.74) is 16.6. The highest BCUT2D eigenvalue weighted by Crippen LogP contribution is 2.44. The highest BCUT2D eigenvalue weighted by Gasteiger charge is 2.53. The molecule has 1 amide bonds. The molecule has 1 aliphatic rings. The number of hydrazine groups is 1. The van der Waals surface area contributed by atoms with Crippen molar-refractivity contribution >= 4 is 17.5 Å². The predicted molar refractivity (Wildman–Crippen MR) is 183 cm³/mol. The van der Waals surface area contributed by atoms with Gasteiger partial charge in [0.2, 0.25) is 5.90 Å². The van der Waals surface area contributed by atoms with Gasteiger partial charge in [0.05, 0.1) is 27.9 Å². The molecule has 0 saturated heterocycles. The summed E-state index contributed by atoms with van der Waals surface area (Å²) in [6.45, 7) is 0.605. The maximum atomic E-state index is 14.6. The number of aliphatic hydroxyl groups excluding tert-OH is 1. The molecule has 0 aliphatic carbocycles. The van der Waals surface area contributed by atoms with Crippen molar-refractivity contribution in [2.75, 3.05) is 34.5 Å². The highest BCUT2D eigenvalue weighted by atomic mass is 16.5. The number of carbonyl (C=O) groups excluding carboxylic acids is 1. The zero-order chi connectivity index (χ0) is 34.6. The summed E-state index contributed by atoms with van der Waals surface area (Å²) in [4.78, 5) is 22.7. The molecule has 4 aromatic carbocycles. The third-order valence-electron chi connectivity index (χ3n) is 8.00. The molecule has 0 saturated carbocycles. The molecular formula is C36H38N6O7. The van der Waals surface area contributed by atoms with E-state index in [2.05, 4.69) is 20.9 Å². The SMILES string of the molecule is COc1cccc([C@@H]2OC(c3ccc(OCCCO)cc3)=N[C@]2(Cc2ccccc2N=[N+]=[N-])C(=O)NNCc2cccc(OC)c2OC)c1. The van der Waals surface area contributed by atoms with Crippen molar-refractivity contribution in [1.29, 1.82) is 0 Å². The molecule has 49 heavy (non-hydrogen) atoms. The number of hydrogen-bond donors (Lipinski definition) is 3. The first-order valence-electron chi connectivity index (χ1n) is 15.6. The van der Waals surface area contributed by atoms with Crippen LogP contribution in [0.4, 0.5) is 5.69 Å². The van der Waals surface area contributed by atoms with Gasteiger partial charge in [-0.15, -0.1) is 0 Å². The van der Waals surface area contributed by atoms with Gasteiger partial charge in [-0.1, -0.05) is 53.6 Å². The van der Waals surface area contributed by atoms with Crippen LogP contribution in [-0.4, -0.2) is 57.0 Å². The lowest BCUT2D eigenvalue weighted by atomic mass is 9.81. The van der Waals surface area contributed by atoms with Gasteiger partial charge < -0.3 is 28.8 Å². The molecular weight excluding hydrogens is 628 g/mol. The molecule has 1 aliphatic heterocycles. The topological polar surface area (TPSA) is 169 Å². The lowest BCUT2D eigenvalue weighted by Crippen LogP contribution is -2.53. The van der Waals surface area contributed by atoms with Crippen LogP contribution in [0.2, 0.25) is 0 Å². The Hall–Kier alpha value is -5.75. The van der Waals surface area contributed by atoms with Gasteiger partial charge in [0.15, 0.2) is 23.1 Å². The van der Waals surface area contributed by atoms with Crippen LogP contribution in [0.3, 0.4) is 0 Å². The number of azide groups is 1. The molecule has 2 atom stereocenters. The van der Waals surface area contributed by atoms with E-state index in [1.807, 2.05) is 24.3 Å². The minimum Gasteiger partial charge on any atom is -0.497 e. The second-order valence-electron chi connectivity index (χ2n) is 11.0. The maximum Gasteiger partial charge on any atom is 0.266 e. The second kappa shape index (κ2) is 16.4. The van der Waals surface area contributed by atoms with Crippen molar-refractivity contribution in [2.24, 2.45) is 10.1 Å². The van der Waals surface area contributed by atoms with Crippen molar-refractivity contribution in [3.05, 3.63) is 124 Å². The van der Waals surface area contributed by atoms with Crippen molar-refractivity contribution in [1.82, 2.24) is 10.9 Å². The van der Waals surface area contributed by atoms with Crippen LogP contribution in [0.25, 0.3) is 10.4 Å². The Morgan fingerprint density at radius 3 is 2.47 bits per heavy atom. The number of aliphatic imine (C=N–C) groups is 1. The zero-order valence-corrected chi connectivity index (χ0v) is 27.5. The molecule has 0 radical (unpaired) electrons. The fourth-order valence-electron chi connectivity index (χ4n) is 5.60. The Morgan fingerprint density at radius 1 is 0.959 bits per heavy atom. The number of nitrogens with one attached hydrogen (secondary N) is 2. The minimum absolute atomic E-state index is 0.0198. The number of benzene rings is 4. The van der Waals surface area contributed by atoms with E-state index >= 15 is 0 Å². The average molecular weight is 667 g/mol. The van der Waals surface area contributed by atoms with Gasteiger partial charge in [-0.25, -0.2) is 10.4 Å². The lowest BCUT2D eigenvalue weighted by molar-refractivity contribution is -0.130. The molecule has 0 aromatic heterocycles. The average Bonchev–Trinajstić information content (AvgIpc) is 3.53. The molecule has 13 heteroatoms. The molecule has 254 valence electrons. The third-order valence-corrected chi connectivity index (χ3v) is 8.00. The van der Waals surface area contributed by atoms with E-state index in [-0.39, 0.29) is 25.5 Å². The van der Waals surface area contributed by atoms with E-state index < -0.39 is 17.6 Å². The van der Waals surface area contributed by atoms with E-state index in [1.54, 1.807) is 88.1 Å². The van der Waals surface area contributed by atoms with Gasteiger partial charge in [0.1, 0.15) is 11.5 Å². The number of aliphatic hydroxyl groups is 1. The Morgan fingerprint density at radius 2 is 1.73 bits per heavy atom. The van der Waals surface area contributed by atoms with Crippen molar-refractivity contribution < 1.29 is 33.6 Å². The first kappa shape index (κ1) is 34.6. The quantitative estimate of drug-likeness (QED) is 0.0447. The van der Waals surface area contributed by atoms with Crippen LogP contribution < -0.4 is 29.8 Å². The molecule has 0 spiro atoms. The smallest absolute Gasteiger partial charge is 0.266 e. The maximum absolute atomic E-state index is 14.6. The summed E-state index contributed by atoms with van der Waals surface area (Å²) >= 11 is 0. The van der Waals surface area contributed by atoms with E-state index in [1.165, 1.54) is 0 Å². The number of carbonyl (C=O) groups is 1. The van der Waals surface area contributed by atoms with Crippen molar-refractivity contribution in [3.63, 3.8) is 0 Å². The molecule has 0 bridgehead atoms. The van der Waals surface area contributed by atoms with E-state index in [0.717, 1.165) is 5.56 Å². The Kier molecular flexibility index (Phi) is 11.6. The van der Waals surface area contributed by atoms with E-state index in [0.29, 0.717) is 58.4 Å². The van der Waals surface area contributed by atoms with Crippen molar-refractivity contribution in [3.8, 4) is 23.0 Å². The number of nitrogens with zero attached hydrogens (tertiary/aromatic N) is 4. The minimum atomic E-state index is -1.59. The normalized spacial score (nSPS) is 16.5. The van der Waals surface area contributed by atoms with Crippen LogP contribution in [0.5, 0.6) is 23.0 Å². The summed E-state index contributed by atoms with van der Waals surface area (Å²) in [5, 5.41) is 13.0. The summed E-state index contributed by atoms with van der Waals surface area (Å²) in [5.74, 6) is 2.03. The Balaban J connectivity index is 1.57. The van der Waals surface area contributed by atoms with Gasteiger partial charge in [0, 0.05) is 47.7 Å². The van der Waals surface area contributed by atoms with E-state index in [4.69, 9.17) is 33.8 Å². The van der Waals surface area contributed by atoms with Crippen molar-refractivity contribution in [2.45, 2.75) is 31.0 Å². The van der Waals surface area contributed by atoms with Gasteiger partial charge in [-0.2, -0.15) is 0 Å². The molecule has 5 rings (SSSR count). The molecule has 1 heterocycles. The number of ether oxygens (including phenoxy) is 5. The largest absolute Gasteiger partial charge is 0.497 e.